The highest BCUT2D eigenvalue weighted by molar-refractivity contribution is 5.89. The zero-order chi connectivity index (χ0) is 10.1. The molecule has 0 spiro atoms. The molecule has 0 aromatic heterocycles. The van der Waals surface area contributed by atoms with E-state index in [1.807, 2.05) is 0 Å². The second-order valence-corrected chi connectivity index (χ2v) is 3.00. The summed E-state index contributed by atoms with van der Waals surface area (Å²) in [4.78, 5) is 1.22. The van der Waals surface area contributed by atoms with Gasteiger partial charge in [-0.25, -0.2) is 0 Å². The van der Waals surface area contributed by atoms with Crippen molar-refractivity contribution >= 4 is 12.2 Å². The van der Waals surface area contributed by atoms with Gasteiger partial charge in [-0.1, -0.05) is 0 Å². The van der Waals surface area contributed by atoms with Crippen molar-refractivity contribution in [2.45, 2.75) is 19.0 Å². The van der Waals surface area contributed by atoms with Crippen LogP contribution in [0.15, 0.2) is 0 Å². The van der Waals surface area contributed by atoms with Crippen molar-refractivity contribution < 1.29 is 13.2 Å². The van der Waals surface area contributed by atoms with Crippen molar-refractivity contribution in [1.29, 1.82) is 10.8 Å². The molecule has 1 atom stereocenters. The lowest BCUT2D eigenvalue weighted by atomic mass is 9.96. The van der Waals surface area contributed by atoms with E-state index in [4.69, 9.17) is 10.8 Å². The first-order valence-electron chi connectivity index (χ1n) is 3.86. The van der Waals surface area contributed by atoms with E-state index in [-0.39, 0.29) is 25.2 Å². The molecule has 1 aliphatic heterocycles. The highest BCUT2D eigenvalue weighted by Gasteiger charge is 2.42. The smallest absolute Gasteiger partial charge is 0.322 e. The van der Waals surface area contributed by atoms with Crippen molar-refractivity contribution in [2.24, 2.45) is 5.92 Å². The Morgan fingerprint density at radius 2 is 2.08 bits per heavy atom. The number of rotatable bonds is 1. The molecule has 1 rings (SSSR count). The molecule has 1 saturated heterocycles. The molecule has 0 aliphatic carbocycles. The van der Waals surface area contributed by atoms with E-state index in [1.165, 1.54) is 4.90 Å². The molecule has 0 saturated carbocycles. The molecule has 0 aromatic carbocycles. The summed E-state index contributed by atoms with van der Waals surface area (Å²) in [6.07, 6.45) is -3.64. The third-order valence-electron chi connectivity index (χ3n) is 2.12. The first-order chi connectivity index (χ1) is 5.95. The second-order valence-electron chi connectivity index (χ2n) is 3.00. The molecule has 3 nitrogen and oxygen atoms in total. The van der Waals surface area contributed by atoms with Crippen LogP contribution in [0.4, 0.5) is 13.2 Å². The van der Waals surface area contributed by atoms with E-state index < -0.39 is 12.1 Å². The fraction of sp³-hybridized carbons (Fsp3) is 0.714. The summed E-state index contributed by atoms with van der Waals surface area (Å²) in [5.74, 6) is -1.53. The zero-order valence-electron chi connectivity index (χ0n) is 6.86. The van der Waals surface area contributed by atoms with Crippen molar-refractivity contribution in [3.8, 4) is 0 Å². The van der Waals surface area contributed by atoms with Gasteiger partial charge in [0.25, 0.3) is 0 Å². The fourth-order valence-corrected chi connectivity index (χ4v) is 1.30. The Balaban J connectivity index is 2.61. The van der Waals surface area contributed by atoms with Crippen LogP contribution in [-0.2, 0) is 0 Å². The standard InChI is InChI=1S/C7H10F3N3/c8-7(9,10)5-1-2-13(4-11)6(12)3-5/h4-5,11-12H,1-3H2. The van der Waals surface area contributed by atoms with Gasteiger partial charge in [-0.15, -0.1) is 0 Å². The molecule has 1 unspecified atom stereocenters. The summed E-state index contributed by atoms with van der Waals surface area (Å²) in [6, 6.07) is 0. The first-order valence-corrected chi connectivity index (χ1v) is 3.86. The Bertz CT molecular complexity index is 224. The van der Waals surface area contributed by atoms with Gasteiger partial charge < -0.3 is 4.90 Å². The maximum atomic E-state index is 12.2. The van der Waals surface area contributed by atoms with Crippen LogP contribution in [0.5, 0.6) is 0 Å². The van der Waals surface area contributed by atoms with E-state index in [2.05, 4.69) is 0 Å². The van der Waals surface area contributed by atoms with Crippen LogP contribution in [0.2, 0.25) is 0 Å². The van der Waals surface area contributed by atoms with Gasteiger partial charge in [-0.3, -0.25) is 10.8 Å². The molecule has 0 amide bonds. The lowest BCUT2D eigenvalue weighted by molar-refractivity contribution is -0.176. The summed E-state index contributed by atoms with van der Waals surface area (Å²) >= 11 is 0. The van der Waals surface area contributed by atoms with Gasteiger partial charge in [-0.2, -0.15) is 13.2 Å². The molecule has 2 N–H and O–H groups in total. The maximum Gasteiger partial charge on any atom is 0.392 e. The Morgan fingerprint density at radius 1 is 1.46 bits per heavy atom. The molecule has 0 bridgehead atoms. The van der Waals surface area contributed by atoms with Gasteiger partial charge in [0, 0.05) is 13.0 Å². The molecule has 0 aromatic rings. The molecule has 74 valence electrons. The minimum atomic E-state index is -4.21. The van der Waals surface area contributed by atoms with Gasteiger partial charge >= 0.3 is 6.18 Å². The normalized spacial score (nSPS) is 24.7. The molecule has 1 aliphatic rings. The maximum absolute atomic E-state index is 12.2. The summed E-state index contributed by atoms with van der Waals surface area (Å²) in [7, 11) is 0. The van der Waals surface area contributed by atoms with Crippen LogP contribution >= 0.6 is 0 Å². The van der Waals surface area contributed by atoms with Crippen LogP contribution < -0.4 is 0 Å². The molecule has 0 radical (unpaired) electrons. The number of piperidine rings is 1. The van der Waals surface area contributed by atoms with Crippen LogP contribution in [0.3, 0.4) is 0 Å². The number of nitrogens with one attached hydrogen (secondary N) is 2. The average Bonchev–Trinajstić information content (AvgIpc) is 2.02. The minimum absolute atomic E-state index is 0.0265. The van der Waals surface area contributed by atoms with Gasteiger partial charge in [0.05, 0.1) is 12.3 Å². The zero-order valence-corrected chi connectivity index (χ0v) is 6.86. The van der Waals surface area contributed by atoms with Crippen LogP contribution in [0.1, 0.15) is 12.8 Å². The monoisotopic (exact) mass is 193 g/mol. The van der Waals surface area contributed by atoms with E-state index in [0.717, 1.165) is 6.34 Å². The van der Waals surface area contributed by atoms with Gasteiger partial charge in [0.15, 0.2) is 0 Å². The Labute approximate surface area is 73.6 Å². The quantitative estimate of drug-likeness (QED) is 0.484. The van der Waals surface area contributed by atoms with Crippen molar-refractivity contribution in [3.05, 3.63) is 0 Å². The van der Waals surface area contributed by atoms with Gasteiger partial charge in [0.2, 0.25) is 0 Å². The van der Waals surface area contributed by atoms with E-state index in [9.17, 15) is 13.2 Å². The molecule has 6 heteroatoms. The predicted molar refractivity (Wildman–Crippen MR) is 42.0 cm³/mol. The number of nitrogens with zero attached hydrogens (tertiary/aromatic N) is 1. The van der Waals surface area contributed by atoms with E-state index in [1.54, 1.807) is 0 Å². The third kappa shape index (κ3) is 2.19. The van der Waals surface area contributed by atoms with Crippen LogP contribution in [0.25, 0.3) is 0 Å². The summed E-state index contributed by atoms with van der Waals surface area (Å²) in [5, 5.41) is 14.1. The largest absolute Gasteiger partial charge is 0.392 e. The SMILES string of the molecule is N=CN1CCC(C(F)(F)F)CC1=N. The number of hydrogen-bond acceptors (Lipinski definition) is 2. The van der Waals surface area contributed by atoms with Crippen molar-refractivity contribution in [1.82, 2.24) is 4.90 Å². The lowest BCUT2D eigenvalue weighted by Crippen LogP contribution is -2.41. The lowest BCUT2D eigenvalue weighted by Gasteiger charge is -2.31. The Kier molecular flexibility index (Phi) is 2.58. The molecular formula is C7H10F3N3. The number of amidine groups is 1. The Hall–Kier alpha value is -1.07. The number of alkyl halides is 3. The van der Waals surface area contributed by atoms with Crippen LogP contribution in [-0.4, -0.2) is 29.8 Å². The molecular weight excluding hydrogens is 183 g/mol. The summed E-state index contributed by atoms with van der Waals surface area (Å²) in [6.45, 7) is 0.118. The van der Waals surface area contributed by atoms with Gasteiger partial charge in [-0.05, 0) is 6.42 Å². The summed E-state index contributed by atoms with van der Waals surface area (Å²) in [5.41, 5.74) is 0. The molecule has 13 heavy (non-hydrogen) atoms. The van der Waals surface area contributed by atoms with Gasteiger partial charge in [0.1, 0.15) is 5.84 Å². The van der Waals surface area contributed by atoms with E-state index in [0.29, 0.717) is 0 Å². The molecule has 1 heterocycles. The first kappa shape index (κ1) is 10.0. The van der Waals surface area contributed by atoms with Crippen molar-refractivity contribution in [3.63, 3.8) is 0 Å². The highest BCUT2D eigenvalue weighted by Crippen LogP contribution is 2.34. The van der Waals surface area contributed by atoms with E-state index >= 15 is 0 Å². The fourth-order valence-electron chi connectivity index (χ4n) is 1.30. The summed E-state index contributed by atoms with van der Waals surface area (Å²) < 4.78 is 36.5. The number of hydrogen-bond donors (Lipinski definition) is 2. The topological polar surface area (TPSA) is 50.9 Å². The average molecular weight is 193 g/mol. The number of halogens is 3. The Morgan fingerprint density at radius 3 is 2.46 bits per heavy atom. The predicted octanol–water partition coefficient (Wildman–Crippen LogP) is 1.85. The highest BCUT2D eigenvalue weighted by atomic mass is 19.4. The minimum Gasteiger partial charge on any atom is -0.322 e. The van der Waals surface area contributed by atoms with Crippen molar-refractivity contribution in [2.75, 3.05) is 6.54 Å². The number of likely N-dealkylation sites (tertiary alicyclic amines) is 1. The molecule has 1 fully saturated rings. The third-order valence-corrected chi connectivity index (χ3v) is 2.12. The van der Waals surface area contributed by atoms with Crippen LogP contribution in [0, 0.1) is 16.7 Å². The second kappa shape index (κ2) is 3.35.